The number of ether oxygens (including phenoxy) is 2. The molecule has 138 valence electrons. The van der Waals surface area contributed by atoms with Crippen LogP contribution in [0.1, 0.15) is 42.7 Å². The maximum Gasteiger partial charge on any atom is 0.292 e. The molecule has 7 heteroatoms. The Bertz CT molecular complexity index is 575. The Balaban J connectivity index is 1.43. The van der Waals surface area contributed by atoms with Gasteiger partial charge in [0.25, 0.3) is 5.91 Å². The predicted molar refractivity (Wildman–Crippen MR) is 91.8 cm³/mol. The first-order chi connectivity index (χ1) is 12.3. The third kappa shape index (κ3) is 3.98. The molecule has 0 N–H and O–H groups in total. The van der Waals surface area contributed by atoms with Crippen molar-refractivity contribution in [3.8, 4) is 0 Å². The Kier molecular flexibility index (Phi) is 5.22. The number of hydrogen-bond donors (Lipinski definition) is 0. The molecule has 1 amide bonds. The molecule has 3 heterocycles. The normalized spacial score (nSPS) is 24.3. The second kappa shape index (κ2) is 7.74. The van der Waals surface area contributed by atoms with Crippen molar-refractivity contribution in [1.29, 1.82) is 0 Å². The zero-order valence-corrected chi connectivity index (χ0v) is 14.7. The molecule has 1 aliphatic carbocycles. The van der Waals surface area contributed by atoms with Crippen LogP contribution in [0.3, 0.4) is 0 Å². The van der Waals surface area contributed by atoms with Crippen LogP contribution in [0.25, 0.3) is 0 Å². The van der Waals surface area contributed by atoms with Gasteiger partial charge in [-0.05, 0) is 31.6 Å². The minimum absolute atomic E-state index is 0.0607. The molecular formula is C18H27N3O4. The van der Waals surface area contributed by atoms with Gasteiger partial charge in [0.2, 0.25) is 5.76 Å². The zero-order chi connectivity index (χ0) is 17.1. The van der Waals surface area contributed by atoms with Crippen molar-refractivity contribution in [2.24, 2.45) is 5.92 Å². The van der Waals surface area contributed by atoms with Crippen molar-refractivity contribution in [3.05, 3.63) is 11.8 Å². The van der Waals surface area contributed by atoms with Gasteiger partial charge in [0.05, 0.1) is 19.3 Å². The highest BCUT2D eigenvalue weighted by Crippen LogP contribution is 2.28. The van der Waals surface area contributed by atoms with Crippen LogP contribution in [0.5, 0.6) is 0 Å². The van der Waals surface area contributed by atoms with E-state index in [1.165, 1.54) is 19.3 Å². The molecule has 3 fully saturated rings. The number of rotatable bonds is 6. The standard InChI is InChI=1S/C18H27N3O4/c22-18(16-11-17(19-25-16)20-6-9-23-10-7-20)21(12-14-3-1-4-14)13-15-5-2-8-24-15/h11,14-15H,1-10,12-13H2. The van der Waals surface area contributed by atoms with E-state index in [1.807, 2.05) is 4.90 Å². The molecule has 1 atom stereocenters. The maximum atomic E-state index is 13.0. The van der Waals surface area contributed by atoms with Gasteiger partial charge in [0, 0.05) is 38.9 Å². The fraction of sp³-hybridized carbons (Fsp3) is 0.778. The highest BCUT2D eigenvalue weighted by Gasteiger charge is 2.30. The number of anilines is 1. The molecule has 0 spiro atoms. The molecule has 25 heavy (non-hydrogen) atoms. The van der Waals surface area contributed by atoms with E-state index in [9.17, 15) is 4.79 Å². The number of aromatic nitrogens is 1. The Morgan fingerprint density at radius 1 is 1.16 bits per heavy atom. The van der Waals surface area contributed by atoms with Crippen LogP contribution in [0.2, 0.25) is 0 Å². The first-order valence-electron chi connectivity index (χ1n) is 9.50. The van der Waals surface area contributed by atoms with Crippen molar-refractivity contribution in [1.82, 2.24) is 10.1 Å². The van der Waals surface area contributed by atoms with E-state index in [2.05, 4.69) is 10.1 Å². The van der Waals surface area contributed by atoms with Crippen molar-refractivity contribution in [2.75, 3.05) is 50.9 Å². The van der Waals surface area contributed by atoms with Crippen LogP contribution in [-0.2, 0) is 9.47 Å². The maximum absolute atomic E-state index is 13.0. The van der Waals surface area contributed by atoms with E-state index in [4.69, 9.17) is 14.0 Å². The third-order valence-corrected chi connectivity index (χ3v) is 5.48. The molecule has 0 aromatic carbocycles. The third-order valence-electron chi connectivity index (χ3n) is 5.48. The van der Waals surface area contributed by atoms with Gasteiger partial charge in [-0.25, -0.2) is 0 Å². The number of hydrogen-bond acceptors (Lipinski definition) is 6. The zero-order valence-electron chi connectivity index (χ0n) is 14.7. The minimum Gasteiger partial charge on any atom is -0.378 e. The summed E-state index contributed by atoms with van der Waals surface area (Å²) in [7, 11) is 0. The van der Waals surface area contributed by atoms with Gasteiger partial charge in [-0.1, -0.05) is 11.6 Å². The predicted octanol–water partition coefficient (Wildman–Crippen LogP) is 1.93. The molecule has 2 saturated heterocycles. The Labute approximate surface area is 148 Å². The highest BCUT2D eigenvalue weighted by atomic mass is 16.5. The van der Waals surface area contributed by atoms with Gasteiger partial charge in [-0.15, -0.1) is 0 Å². The first kappa shape index (κ1) is 16.8. The summed E-state index contributed by atoms with van der Waals surface area (Å²) in [6.07, 6.45) is 5.97. The van der Waals surface area contributed by atoms with Crippen molar-refractivity contribution in [3.63, 3.8) is 0 Å². The fourth-order valence-electron chi connectivity index (χ4n) is 3.73. The average molecular weight is 349 g/mol. The van der Waals surface area contributed by atoms with Gasteiger partial charge < -0.3 is 23.8 Å². The summed E-state index contributed by atoms with van der Waals surface area (Å²) in [4.78, 5) is 17.0. The lowest BCUT2D eigenvalue weighted by Crippen LogP contribution is -2.41. The largest absolute Gasteiger partial charge is 0.378 e. The summed E-state index contributed by atoms with van der Waals surface area (Å²) in [5.41, 5.74) is 0. The molecule has 3 aliphatic rings. The molecule has 0 bridgehead atoms. The molecule has 1 unspecified atom stereocenters. The van der Waals surface area contributed by atoms with Crippen LogP contribution in [-0.4, -0.2) is 68.1 Å². The van der Waals surface area contributed by atoms with Crippen molar-refractivity contribution in [2.45, 2.75) is 38.2 Å². The van der Waals surface area contributed by atoms with E-state index >= 15 is 0 Å². The van der Waals surface area contributed by atoms with Crippen LogP contribution in [0.4, 0.5) is 5.82 Å². The Morgan fingerprint density at radius 3 is 2.68 bits per heavy atom. The van der Waals surface area contributed by atoms with E-state index in [-0.39, 0.29) is 12.0 Å². The number of carbonyl (C=O) groups excluding carboxylic acids is 1. The topological polar surface area (TPSA) is 68.0 Å². The lowest BCUT2D eigenvalue weighted by atomic mass is 9.85. The second-order valence-electron chi connectivity index (χ2n) is 7.29. The molecule has 1 aromatic heterocycles. The summed E-state index contributed by atoms with van der Waals surface area (Å²) in [6, 6.07) is 1.77. The summed E-state index contributed by atoms with van der Waals surface area (Å²) in [5, 5.41) is 4.11. The fourth-order valence-corrected chi connectivity index (χ4v) is 3.73. The van der Waals surface area contributed by atoms with E-state index in [0.29, 0.717) is 31.4 Å². The second-order valence-corrected chi connectivity index (χ2v) is 7.29. The van der Waals surface area contributed by atoms with Gasteiger partial charge in [0.1, 0.15) is 0 Å². The van der Waals surface area contributed by atoms with Crippen LogP contribution < -0.4 is 4.90 Å². The van der Waals surface area contributed by atoms with Gasteiger partial charge in [-0.3, -0.25) is 4.79 Å². The summed E-state index contributed by atoms with van der Waals surface area (Å²) >= 11 is 0. The number of morpholine rings is 1. The van der Waals surface area contributed by atoms with Crippen LogP contribution in [0, 0.1) is 5.92 Å². The molecule has 2 aliphatic heterocycles. The lowest BCUT2D eigenvalue weighted by molar-refractivity contribution is 0.0419. The smallest absolute Gasteiger partial charge is 0.292 e. The summed E-state index contributed by atoms with van der Waals surface area (Å²) < 4.78 is 16.5. The molecule has 7 nitrogen and oxygen atoms in total. The van der Waals surface area contributed by atoms with E-state index < -0.39 is 0 Å². The molecular weight excluding hydrogens is 322 g/mol. The SMILES string of the molecule is O=C(c1cc(N2CCOCC2)no1)N(CC1CCC1)CC1CCCO1. The minimum atomic E-state index is -0.0607. The van der Waals surface area contributed by atoms with E-state index in [0.717, 1.165) is 44.9 Å². The van der Waals surface area contributed by atoms with Crippen molar-refractivity contribution < 1.29 is 18.8 Å². The molecule has 0 radical (unpaired) electrons. The Hall–Kier alpha value is -1.60. The monoisotopic (exact) mass is 349 g/mol. The highest BCUT2D eigenvalue weighted by molar-refractivity contribution is 5.92. The van der Waals surface area contributed by atoms with E-state index in [1.54, 1.807) is 6.07 Å². The summed E-state index contributed by atoms with van der Waals surface area (Å²) in [5.74, 6) is 1.62. The number of amides is 1. The van der Waals surface area contributed by atoms with Crippen LogP contribution >= 0.6 is 0 Å². The molecule has 1 saturated carbocycles. The lowest BCUT2D eigenvalue weighted by Gasteiger charge is -2.33. The Morgan fingerprint density at radius 2 is 2.00 bits per heavy atom. The first-order valence-corrected chi connectivity index (χ1v) is 9.50. The van der Waals surface area contributed by atoms with Gasteiger partial charge in [-0.2, -0.15) is 0 Å². The molecule has 4 rings (SSSR count). The number of nitrogens with zero attached hydrogens (tertiary/aromatic N) is 3. The van der Waals surface area contributed by atoms with Crippen molar-refractivity contribution >= 4 is 11.7 Å². The number of carbonyl (C=O) groups is 1. The summed E-state index contributed by atoms with van der Waals surface area (Å²) in [6.45, 7) is 5.18. The quantitative estimate of drug-likeness (QED) is 0.782. The van der Waals surface area contributed by atoms with Gasteiger partial charge >= 0.3 is 0 Å². The average Bonchev–Trinajstić information content (AvgIpc) is 3.29. The molecule has 1 aromatic rings. The van der Waals surface area contributed by atoms with Crippen LogP contribution in [0.15, 0.2) is 10.6 Å². The van der Waals surface area contributed by atoms with Gasteiger partial charge in [0.15, 0.2) is 5.82 Å².